The molecule has 5 rings (SSSR count). The van der Waals surface area contributed by atoms with Gasteiger partial charge in [0.25, 0.3) is 0 Å². The Hall–Kier alpha value is -3.68. The number of hydrogen-bond acceptors (Lipinski definition) is 6. The average Bonchev–Trinajstić information content (AvgIpc) is 3.31. The molecule has 0 bridgehead atoms. The molecule has 2 aliphatic heterocycles. The molecule has 2 aromatic rings. The number of rotatable bonds is 5. The lowest BCUT2D eigenvalue weighted by Gasteiger charge is -2.36. The van der Waals surface area contributed by atoms with Gasteiger partial charge in [-0.2, -0.15) is 0 Å². The lowest BCUT2D eigenvalue weighted by Crippen LogP contribution is -2.57. The van der Waals surface area contributed by atoms with Crippen molar-refractivity contribution < 1.29 is 28.5 Å². The van der Waals surface area contributed by atoms with Crippen LogP contribution in [0, 0.1) is 0 Å². The van der Waals surface area contributed by atoms with E-state index in [1.807, 2.05) is 18.2 Å². The highest BCUT2D eigenvalue weighted by Crippen LogP contribution is 2.35. The van der Waals surface area contributed by atoms with Crippen LogP contribution in [0.25, 0.3) is 6.08 Å². The normalized spacial score (nSPS) is 18.1. The minimum atomic E-state index is -0.957. The summed E-state index contributed by atoms with van der Waals surface area (Å²) in [5.41, 5.74) is 0.467. The zero-order chi connectivity index (χ0) is 22.7. The fourth-order valence-electron chi connectivity index (χ4n) is 4.40. The van der Waals surface area contributed by atoms with Crippen LogP contribution < -0.4 is 29.6 Å². The first kappa shape index (κ1) is 21.2. The van der Waals surface area contributed by atoms with Gasteiger partial charge in [0.2, 0.25) is 18.6 Å². The molecule has 172 valence electrons. The topological polar surface area (TPSA) is 95.1 Å². The van der Waals surface area contributed by atoms with E-state index in [9.17, 15) is 9.59 Å². The summed E-state index contributed by atoms with van der Waals surface area (Å²) in [7, 11) is 0. The summed E-state index contributed by atoms with van der Waals surface area (Å²) in [6.07, 6.45) is 7.13. The fraction of sp³-hybridized carbons (Fsp3) is 0.360. The Morgan fingerprint density at radius 3 is 2.36 bits per heavy atom. The summed E-state index contributed by atoms with van der Waals surface area (Å²) < 4.78 is 21.8. The first-order chi connectivity index (χ1) is 16.1. The highest BCUT2D eigenvalue weighted by Gasteiger charge is 2.40. The van der Waals surface area contributed by atoms with E-state index in [4.69, 9.17) is 18.9 Å². The third kappa shape index (κ3) is 4.60. The van der Waals surface area contributed by atoms with Crippen molar-refractivity contribution >= 4 is 23.6 Å². The second kappa shape index (κ2) is 9.05. The van der Waals surface area contributed by atoms with Crippen LogP contribution in [0.4, 0.5) is 5.69 Å². The molecule has 0 radical (unpaired) electrons. The molecule has 0 saturated heterocycles. The lowest BCUT2D eigenvalue weighted by atomic mass is 9.80. The van der Waals surface area contributed by atoms with Gasteiger partial charge in [-0.15, -0.1) is 0 Å². The summed E-state index contributed by atoms with van der Waals surface area (Å²) in [5.74, 6) is 2.07. The van der Waals surface area contributed by atoms with E-state index in [0.717, 1.165) is 24.8 Å². The van der Waals surface area contributed by atoms with Crippen molar-refractivity contribution in [3.05, 3.63) is 48.0 Å². The van der Waals surface area contributed by atoms with Crippen molar-refractivity contribution in [2.24, 2.45) is 0 Å². The third-order valence-corrected chi connectivity index (χ3v) is 6.13. The van der Waals surface area contributed by atoms with Gasteiger partial charge in [-0.25, -0.2) is 0 Å². The smallest absolute Gasteiger partial charge is 0.250 e. The summed E-state index contributed by atoms with van der Waals surface area (Å²) in [6, 6.07) is 10.8. The van der Waals surface area contributed by atoms with Gasteiger partial charge in [-0.1, -0.05) is 25.3 Å². The van der Waals surface area contributed by atoms with Crippen LogP contribution in [-0.2, 0) is 9.59 Å². The predicted octanol–water partition coefficient (Wildman–Crippen LogP) is 3.66. The Labute approximate surface area is 191 Å². The number of anilines is 1. The predicted molar refractivity (Wildman–Crippen MR) is 122 cm³/mol. The van der Waals surface area contributed by atoms with E-state index in [2.05, 4.69) is 10.6 Å². The summed E-state index contributed by atoms with van der Waals surface area (Å²) in [6.45, 7) is 1.18. The van der Waals surface area contributed by atoms with Crippen LogP contribution in [0.2, 0.25) is 0 Å². The van der Waals surface area contributed by atoms with E-state index < -0.39 is 5.54 Å². The molecular weight excluding hydrogens is 424 g/mol. The molecular formula is C25H26N2O6. The number of nitrogens with one attached hydrogen (secondary N) is 2. The fourth-order valence-corrected chi connectivity index (χ4v) is 4.40. The van der Waals surface area contributed by atoms with Crippen molar-refractivity contribution in [1.82, 2.24) is 5.32 Å². The highest BCUT2D eigenvalue weighted by molar-refractivity contribution is 6.03. The molecule has 0 unspecified atom stereocenters. The number of amides is 2. The van der Waals surface area contributed by atoms with Crippen molar-refractivity contribution in [2.75, 3.05) is 25.3 Å². The molecule has 1 saturated carbocycles. The second-order valence-electron chi connectivity index (χ2n) is 8.39. The number of fused-ring (bicyclic) bond motifs is 2. The monoisotopic (exact) mass is 450 g/mol. The van der Waals surface area contributed by atoms with E-state index in [0.29, 0.717) is 54.7 Å². The molecule has 8 nitrogen and oxygen atoms in total. The molecule has 2 heterocycles. The molecule has 8 heteroatoms. The van der Waals surface area contributed by atoms with E-state index in [1.165, 1.54) is 6.08 Å². The van der Waals surface area contributed by atoms with Gasteiger partial charge < -0.3 is 29.6 Å². The molecule has 1 fully saturated rings. The maximum atomic E-state index is 13.3. The standard InChI is InChI=1S/C25H26N2O6/c28-23(9-5-17-4-7-20-21(14-17)33-16-32-20)27-25(10-2-1-3-11-25)24(29)26-18-6-8-19-22(15-18)31-13-12-30-19/h4-9,14-15H,1-3,10-13,16H2,(H,26,29)(H,27,28). The summed E-state index contributed by atoms with van der Waals surface area (Å²) in [4.78, 5) is 26.1. The highest BCUT2D eigenvalue weighted by atomic mass is 16.7. The first-order valence-electron chi connectivity index (χ1n) is 11.2. The van der Waals surface area contributed by atoms with E-state index in [-0.39, 0.29) is 18.6 Å². The van der Waals surface area contributed by atoms with Crippen LogP contribution >= 0.6 is 0 Å². The van der Waals surface area contributed by atoms with E-state index >= 15 is 0 Å². The van der Waals surface area contributed by atoms with Crippen LogP contribution in [0.15, 0.2) is 42.5 Å². The molecule has 2 aromatic carbocycles. The Morgan fingerprint density at radius 1 is 0.818 bits per heavy atom. The Bertz CT molecular complexity index is 1090. The third-order valence-electron chi connectivity index (χ3n) is 6.13. The molecule has 0 spiro atoms. The van der Waals surface area contributed by atoms with Crippen molar-refractivity contribution in [3.8, 4) is 23.0 Å². The Balaban J connectivity index is 1.29. The largest absolute Gasteiger partial charge is 0.486 e. The van der Waals surface area contributed by atoms with Gasteiger partial charge in [-0.3, -0.25) is 9.59 Å². The maximum Gasteiger partial charge on any atom is 0.250 e. The second-order valence-corrected chi connectivity index (χ2v) is 8.39. The maximum absolute atomic E-state index is 13.3. The number of carbonyl (C=O) groups excluding carboxylic acids is 2. The molecule has 33 heavy (non-hydrogen) atoms. The Morgan fingerprint density at radius 2 is 1.52 bits per heavy atom. The summed E-state index contributed by atoms with van der Waals surface area (Å²) >= 11 is 0. The molecule has 1 aliphatic carbocycles. The van der Waals surface area contributed by atoms with Gasteiger partial charge in [0.15, 0.2) is 23.0 Å². The summed E-state index contributed by atoms with van der Waals surface area (Å²) in [5, 5.41) is 5.95. The first-order valence-corrected chi connectivity index (χ1v) is 11.2. The van der Waals surface area contributed by atoms with Crippen LogP contribution in [-0.4, -0.2) is 37.4 Å². The van der Waals surface area contributed by atoms with Crippen LogP contribution in [0.1, 0.15) is 37.7 Å². The van der Waals surface area contributed by atoms with Crippen molar-refractivity contribution in [3.63, 3.8) is 0 Å². The zero-order valence-corrected chi connectivity index (χ0v) is 18.2. The number of carbonyl (C=O) groups is 2. The van der Waals surface area contributed by atoms with Gasteiger partial charge in [-0.05, 0) is 48.7 Å². The van der Waals surface area contributed by atoms with Gasteiger partial charge in [0, 0.05) is 17.8 Å². The molecule has 3 aliphatic rings. The minimum absolute atomic E-state index is 0.198. The zero-order valence-electron chi connectivity index (χ0n) is 18.2. The lowest BCUT2D eigenvalue weighted by molar-refractivity contribution is -0.129. The Kier molecular flexibility index (Phi) is 5.81. The SMILES string of the molecule is O=C(C=Cc1ccc2c(c1)OCO2)NC1(C(=O)Nc2ccc3c(c2)OCCO3)CCCCC1. The van der Waals surface area contributed by atoms with Gasteiger partial charge in [0.05, 0.1) is 0 Å². The van der Waals surface area contributed by atoms with Crippen molar-refractivity contribution in [1.29, 1.82) is 0 Å². The van der Waals surface area contributed by atoms with E-state index in [1.54, 1.807) is 24.3 Å². The molecule has 2 N–H and O–H groups in total. The quantitative estimate of drug-likeness (QED) is 0.675. The van der Waals surface area contributed by atoms with Crippen LogP contribution in [0.3, 0.4) is 0 Å². The molecule has 2 amide bonds. The molecule has 0 atom stereocenters. The number of hydrogen-bond donors (Lipinski definition) is 2. The minimum Gasteiger partial charge on any atom is -0.486 e. The van der Waals surface area contributed by atoms with Crippen LogP contribution in [0.5, 0.6) is 23.0 Å². The van der Waals surface area contributed by atoms with Crippen molar-refractivity contribution in [2.45, 2.75) is 37.6 Å². The molecule has 0 aromatic heterocycles. The average molecular weight is 450 g/mol. The van der Waals surface area contributed by atoms with Gasteiger partial charge >= 0.3 is 0 Å². The van der Waals surface area contributed by atoms with Gasteiger partial charge in [0.1, 0.15) is 18.8 Å². The number of ether oxygens (including phenoxy) is 4. The number of benzene rings is 2.